The van der Waals surface area contributed by atoms with E-state index in [9.17, 15) is 4.79 Å². The maximum absolute atomic E-state index is 11.6. The molecule has 0 atom stereocenters. The van der Waals surface area contributed by atoms with Crippen molar-refractivity contribution in [3.8, 4) is 5.75 Å². The molecule has 2 nitrogen and oxygen atoms in total. The molecule has 15 heavy (non-hydrogen) atoms. The molecule has 2 heteroatoms. The predicted octanol–water partition coefficient (Wildman–Crippen LogP) is 2.75. The van der Waals surface area contributed by atoms with Crippen molar-refractivity contribution in [3.63, 3.8) is 0 Å². The Morgan fingerprint density at radius 3 is 2.73 bits per heavy atom. The van der Waals surface area contributed by atoms with E-state index in [1.165, 1.54) is 0 Å². The van der Waals surface area contributed by atoms with Crippen molar-refractivity contribution in [2.75, 3.05) is 7.11 Å². The third kappa shape index (κ3) is 1.80. The molecule has 0 fully saturated rings. The van der Waals surface area contributed by atoms with Crippen LogP contribution in [0.15, 0.2) is 24.3 Å². The van der Waals surface area contributed by atoms with Gasteiger partial charge in [0.2, 0.25) is 0 Å². The van der Waals surface area contributed by atoms with E-state index in [1.807, 2.05) is 31.2 Å². The van der Waals surface area contributed by atoms with E-state index in [0.29, 0.717) is 6.42 Å². The lowest BCUT2D eigenvalue weighted by Crippen LogP contribution is -1.98. The van der Waals surface area contributed by atoms with Crippen LogP contribution in [-0.4, -0.2) is 12.9 Å². The number of carbonyl (C=O) groups excluding carboxylic acids is 1. The first-order valence-corrected chi connectivity index (χ1v) is 5.11. The Labute approximate surface area is 89.6 Å². The van der Waals surface area contributed by atoms with Crippen LogP contribution >= 0.6 is 0 Å². The highest BCUT2D eigenvalue weighted by atomic mass is 16.5. The lowest BCUT2D eigenvalue weighted by molar-refractivity contribution is -0.113. The zero-order valence-electron chi connectivity index (χ0n) is 9.04. The molecular weight excluding hydrogens is 188 g/mol. The van der Waals surface area contributed by atoms with Crippen LogP contribution in [0.25, 0.3) is 5.57 Å². The summed E-state index contributed by atoms with van der Waals surface area (Å²) in [6.07, 6.45) is 3.48. The van der Waals surface area contributed by atoms with Crippen molar-refractivity contribution in [1.82, 2.24) is 0 Å². The molecule has 0 bridgehead atoms. The molecule has 0 unspecified atom stereocenters. The summed E-state index contributed by atoms with van der Waals surface area (Å²) in [7, 11) is 1.63. The summed E-state index contributed by atoms with van der Waals surface area (Å²) in [5, 5.41) is 0. The molecule has 0 heterocycles. The van der Waals surface area contributed by atoms with Gasteiger partial charge in [0, 0.05) is 17.6 Å². The molecule has 0 aliphatic heterocycles. The monoisotopic (exact) mass is 202 g/mol. The number of rotatable bonds is 2. The first-order chi connectivity index (χ1) is 7.22. The number of ketones is 1. The molecule has 78 valence electrons. The van der Waals surface area contributed by atoms with Gasteiger partial charge in [-0.15, -0.1) is 0 Å². The lowest BCUT2D eigenvalue weighted by Gasteiger charge is -2.09. The summed E-state index contributed by atoms with van der Waals surface area (Å²) in [5.41, 5.74) is 2.89. The standard InChI is InChI=1S/C13H14O2/c1-9-6-7-13(15-2)11(8-9)10-4-3-5-12(10)14/h4,6-8H,3,5H2,1-2H3. The van der Waals surface area contributed by atoms with Gasteiger partial charge < -0.3 is 4.74 Å². The minimum Gasteiger partial charge on any atom is -0.496 e. The number of carbonyl (C=O) groups is 1. The number of hydrogen-bond acceptors (Lipinski definition) is 2. The van der Waals surface area contributed by atoms with Crippen molar-refractivity contribution >= 4 is 11.4 Å². The van der Waals surface area contributed by atoms with E-state index in [-0.39, 0.29) is 5.78 Å². The van der Waals surface area contributed by atoms with E-state index in [2.05, 4.69) is 0 Å². The van der Waals surface area contributed by atoms with Crippen LogP contribution in [0.2, 0.25) is 0 Å². The van der Waals surface area contributed by atoms with Crippen molar-refractivity contribution < 1.29 is 9.53 Å². The predicted molar refractivity (Wildman–Crippen MR) is 59.9 cm³/mol. The van der Waals surface area contributed by atoms with Gasteiger partial charge >= 0.3 is 0 Å². The molecule has 1 aliphatic rings. The van der Waals surface area contributed by atoms with Crippen LogP contribution in [-0.2, 0) is 4.79 Å². The minimum absolute atomic E-state index is 0.221. The molecule has 0 aromatic heterocycles. The number of aryl methyl sites for hydroxylation is 1. The van der Waals surface area contributed by atoms with Crippen LogP contribution in [0, 0.1) is 6.92 Å². The Bertz CT molecular complexity index is 430. The second-order valence-corrected chi connectivity index (χ2v) is 3.78. The van der Waals surface area contributed by atoms with Gasteiger partial charge in [-0.3, -0.25) is 4.79 Å². The SMILES string of the molecule is COc1ccc(C)cc1C1=CCCC1=O. The molecule has 0 spiro atoms. The number of ether oxygens (including phenoxy) is 1. The van der Waals surface area contributed by atoms with Crippen LogP contribution in [0.5, 0.6) is 5.75 Å². The molecule has 1 aromatic carbocycles. The Kier molecular flexibility index (Phi) is 2.58. The quantitative estimate of drug-likeness (QED) is 0.737. The number of benzene rings is 1. The molecule has 0 radical (unpaired) electrons. The fraction of sp³-hybridized carbons (Fsp3) is 0.308. The van der Waals surface area contributed by atoms with Gasteiger partial charge in [-0.05, 0) is 25.5 Å². The number of Topliss-reactive ketones (excluding diaryl/α,β-unsaturated/α-hetero) is 1. The maximum Gasteiger partial charge on any atom is 0.163 e. The van der Waals surface area contributed by atoms with Gasteiger partial charge in [-0.1, -0.05) is 17.7 Å². The van der Waals surface area contributed by atoms with Gasteiger partial charge in [0.25, 0.3) is 0 Å². The first-order valence-electron chi connectivity index (χ1n) is 5.11. The minimum atomic E-state index is 0.221. The van der Waals surface area contributed by atoms with Crippen molar-refractivity contribution in [1.29, 1.82) is 0 Å². The summed E-state index contributed by atoms with van der Waals surface area (Å²) >= 11 is 0. The topological polar surface area (TPSA) is 26.3 Å². The Morgan fingerprint density at radius 1 is 1.33 bits per heavy atom. The number of hydrogen-bond donors (Lipinski definition) is 0. The van der Waals surface area contributed by atoms with Gasteiger partial charge in [-0.25, -0.2) is 0 Å². The second-order valence-electron chi connectivity index (χ2n) is 3.78. The summed E-state index contributed by atoms with van der Waals surface area (Å²) in [4.78, 5) is 11.6. The highest BCUT2D eigenvalue weighted by Gasteiger charge is 2.19. The van der Waals surface area contributed by atoms with E-state index < -0.39 is 0 Å². The normalized spacial score (nSPS) is 15.3. The second kappa shape index (κ2) is 3.89. The Balaban J connectivity index is 2.50. The van der Waals surface area contributed by atoms with Crippen LogP contribution in [0.1, 0.15) is 24.0 Å². The zero-order valence-corrected chi connectivity index (χ0v) is 9.04. The largest absolute Gasteiger partial charge is 0.496 e. The highest BCUT2D eigenvalue weighted by Crippen LogP contribution is 2.32. The fourth-order valence-electron chi connectivity index (χ4n) is 1.89. The van der Waals surface area contributed by atoms with Crippen LogP contribution in [0.4, 0.5) is 0 Å². The van der Waals surface area contributed by atoms with Crippen LogP contribution in [0.3, 0.4) is 0 Å². The number of methoxy groups -OCH3 is 1. The van der Waals surface area contributed by atoms with E-state index in [0.717, 1.165) is 28.9 Å². The lowest BCUT2D eigenvalue weighted by atomic mass is 10.0. The summed E-state index contributed by atoms with van der Waals surface area (Å²) in [6, 6.07) is 5.91. The fourth-order valence-corrected chi connectivity index (χ4v) is 1.89. The van der Waals surface area contributed by atoms with Gasteiger partial charge in [0.05, 0.1) is 7.11 Å². The molecular formula is C13H14O2. The molecule has 2 rings (SSSR count). The molecule has 0 saturated carbocycles. The third-order valence-corrected chi connectivity index (χ3v) is 2.67. The van der Waals surface area contributed by atoms with Gasteiger partial charge in [0.1, 0.15) is 5.75 Å². The van der Waals surface area contributed by atoms with Gasteiger partial charge in [0.15, 0.2) is 5.78 Å². The average Bonchev–Trinajstić information content (AvgIpc) is 2.64. The van der Waals surface area contributed by atoms with Crippen molar-refractivity contribution in [2.45, 2.75) is 19.8 Å². The van der Waals surface area contributed by atoms with Crippen LogP contribution < -0.4 is 4.74 Å². The Hall–Kier alpha value is -1.57. The van der Waals surface area contributed by atoms with Crippen molar-refractivity contribution in [3.05, 3.63) is 35.4 Å². The molecule has 0 N–H and O–H groups in total. The first kappa shape index (κ1) is 9.97. The van der Waals surface area contributed by atoms with E-state index in [4.69, 9.17) is 4.74 Å². The third-order valence-electron chi connectivity index (χ3n) is 2.67. The van der Waals surface area contributed by atoms with Crippen molar-refractivity contribution in [2.24, 2.45) is 0 Å². The molecule has 1 aromatic rings. The molecule has 0 saturated heterocycles. The molecule has 1 aliphatic carbocycles. The summed E-state index contributed by atoms with van der Waals surface area (Å²) in [6.45, 7) is 2.02. The highest BCUT2D eigenvalue weighted by molar-refractivity contribution is 6.23. The Morgan fingerprint density at radius 2 is 2.13 bits per heavy atom. The molecule has 0 amide bonds. The maximum atomic E-state index is 11.6. The van der Waals surface area contributed by atoms with Gasteiger partial charge in [-0.2, -0.15) is 0 Å². The zero-order chi connectivity index (χ0) is 10.8. The summed E-state index contributed by atoms with van der Waals surface area (Å²) < 4.78 is 5.27. The van der Waals surface area contributed by atoms with E-state index in [1.54, 1.807) is 7.11 Å². The smallest absolute Gasteiger partial charge is 0.163 e. The summed E-state index contributed by atoms with van der Waals surface area (Å²) in [5.74, 6) is 1.00. The number of allylic oxidation sites excluding steroid dienone is 2. The van der Waals surface area contributed by atoms with E-state index >= 15 is 0 Å². The average molecular weight is 202 g/mol.